The van der Waals surface area contributed by atoms with Crippen LogP contribution < -0.4 is 10.9 Å². The van der Waals surface area contributed by atoms with Crippen molar-refractivity contribution in [3.8, 4) is 0 Å². The molecule has 0 aliphatic rings. The number of nitrogens with zero attached hydrogens (tertiary/aromatic N) is 2. The van der Waals surface area contributed by atoms with Crippen LogP contribution in [0, 0.1) is 0 Å². The second-order valence-corrected chi connectivity index (χ2v) is 9.72. The summed E-state index contributed by atoms with van der Waals surface area (Å²) < 4.78 is 4.33. The lowest BCUT2D eigenvalue weighted by Crippen LogP contribution is -2.16. The standard InChI is InChI=1S/C34H24N2O2/c37-33-25-15-7-9-17-29(25)35(21-23-11-3-1-4-12-23)31-19-28-32(20-27(31)33)36(22-24-13-5-2-6-14-24)30-18-10-8-16-26(30)34(28)38/h1-20H,21-22H2. The Hall–Kier alpha value is -4.96. The highest BCUT2D eigenvalue weighted by atomic mass is 16.1. The summed E-state index contributed by atoms with van der Waals surface area (Å²) in [4.78, 5) is 27.7. The van der Waals surface area contributed by atoms with Gasteiger partial charge in [0.2, 0.25) is 0 Å². The smallest absolute Gasteiger partial charge is 0.197 e. The number of para-hydroxylation sites is 2. The van der Waals surface area contributed by atoms with Crippen molar-refractivity contribution < 1.29 is 0 Å². The van der Waals surface area contributed by atoms with Gasteiger partial charge in [0.1, 0.15) is 0 Å². The molecule has 0 saturated carbocycles. The molecular formula is C34H24N2O2. The number of hydrogen-bond donors (Lipinski definition) is 0. The van der Waals surface area contributed by atoms with E-state index in [-0.39, 0.29) is 10.9 Å². The molecule has 0 radical (unpaired) electrons. The van der Waals surface area contributed by atoms with Crippen molar-refractivity contribution in [1.29, 1.82) is 0 Å². The monoisotopic (exact) mass is 492 g/mol. The zero-order chi connectivity index (χ0) is 25.6. The molecule has 0 fully saturated rings. The van der Waals surface area contributed by atoms with Gasteiger partial charge in [-0.1, -0.05) is 84.9 Å². The number of rotatable bonds is 4. The molecule has 182 valence electrons. The average molecular weight is 493 g/mol. The first-order chi connectivity index (χ1) is 18.7. The van der Waals surface area contributed by atoms with Crippen molar-refractivity contribution in [2.45, 2.75) is 13.1 Å². The topological polar surface area (TPSA) is 44.0 Å². The molecule has 5 aromatic carbocycles. The van der Waals surface area contributed by atoms with Gasteiger partial charge in [0.25, 0.3) is 0 Å². The summed E-state index contributed by atoms with van der Waals surface area (Å²) >= 11 is 0. The molecule has 0 amide bonds. The van der Waals surface area contributed by atoms with Crippen LogP contribution in [0.2, 0.25) is 0 Å². The fourth-order valence-corrected chi connectivity index (χ4v) is 5.61. The van der Waals surface area contributed by atoms with Crippen LogP contribution in [0.1, 0.15) is 11.1 Å². The van der Waals surface area contributed by atoms with Gasteiger partial charge in [0.15, 0.2) is 10.9 Å². The molecule has 0 saturated heterocycles. The van der Waals surface area contributed by atoms with Crippen molar-refractivity contribution in [2.75, 3.05) is 0 Å². The molecule has 0 spiro atoms. The number of hydrogen-bond acceptors (Lipinski definition) is 2. The zero-order valence-electron chi connectivity index (χ0n) is 20.7. The first-order valence-corrected chi connectivity index (χ1v) is 12.8. The molecule has 4 heteroatoms. The summed E-state index contributed by atoms with van der Waals surface area (Å²) in [7, 11) is 0. The van der Waals surface area contributed by atoms with Gasteiger partial charge >= 0.3 is 0 Å². The molecule has 0 aliphatic heterocycles. The van der Waals surface area contributed by atoms with Gasteiger partial charge < -0.3 is 9.13 Å². The van der Waals surface area contributed by atoms with Crippen molar-refractivity contribution in [3.63, 3.8) is 0 Å². The number of benzene rings is 5. The Morgan fingerprint density at radius 2 is 0.763 bits per heavy atom. The first-order valence-electron chi connectivity index (χ1n) is 12.8. The van der Waals surface area contributed by atoms with Crippen LogP contribution in [0.4, 0.5) is 0 Å². The van der Waals surface area contributed by atoms with Gasteiger partial charge in [0, 0.05) is 34.6 Å². The Morgan fingerprint density at radius 3 is 1.18 bits per heavy atom. The molecular weight excluding hydrogens is 468 g/mol. The summed E-state index contributed by atoms with van der Waals surface area (Å²) in [5.41, 5.74) is 5.47. The fraction of sp³-hybridized carbons (Fsp3) is 0.0588. The van der Waals surface area contributed by atoms with Gasteiger partial charge in [-0.3, -0.25) is 9.59 Å². The minimum Gasteiger partial charge on any atom is -0.336 e. The zero-order valence-corrected chi connectivity index (χ0v) is 20.7. The molecule has 0 unspecified atom stereocenters. The Bertz CT molecular complexity index is 1950. The molecule has 7 rings (SSSR count). The van der Waals surface area contributed by atoms with Gasteiger partial charge in [0.05, 0.1) is 22.1 Å². The van der Waals surface area contributed by atoms with Crippen molar-refractivity contribution in [2.24, 2.45) is 0 Å². The molecule has 0 aliphatic carbocycles. The van der Waals surface area contributed by atoms with E-state index in [4.69, 9.17) is 0 Å². The van der Waals surface area contributed by atoms with E-state index in [2.05, 4.69) is 33.4 Å². The first kappa shape index (κ1) is 22.3. The van der Waals surface area contributed by atoms with Gasteiger partial charge in [-0.05, 0) is 47.5 Å². The third-order valence-corrected chi connectivity index (χ3v) is 7.43. The quantitative estimate of drug-likeness (QED) is 0.256. The average Bonchev–Trinajstić information content (AvgIpc) is 2.98. The highest BCUT2D eigenvalue weighted by Crippen LogP contribution is 2.27. The van der Waals surface area contributed by atoms with E-state index >= 15 is 0 Å². The van der Waals surface area contributed by atoms with E-state index in [0.29, 0.717) is 34.6 Å². The lowest BCUT2D eigenvalue weighted by Gasteiger charge is -2.19. The molecule has 38 heavy (non-hydrogen) atoms. The van der Waals surface area contributed by atoms with E-state index in [1.807, 2.05) is 97.1 Å². The van der Waals surface area contributed by atoms with Crippen molar-refractivity contribution in [1.82, 2.24) is 9.13 Å². The normalized spacial score (nSPS) is 11.6. The van der Waals surface area contributed by atoms with Crippen LogP contribution in [0.15, 0.2) is 131 Å². The number of fused-ring (bicyclic) bond motifs is 4. The van der Waals surface area contributed by atoms with Crippen LogP contribution in [-0.4, -0.2) is 9.13 Å². The maximum Gasteiger partial charge on any atom is 0.197 e. The van der Waals surface area contributed by atoms with Crippen molar-refractivity contribution >= 4 is 43.6 Å². The maximum atomic E-state index is 13.9. The minimum absolute atomic E-state index is 0.0197. The molecule has 0 atom stereocenters. The predicted molar refractivity (Wildman–Crippen MR) is 156 cm³/mol. The second kappa shape index (κ2) is 8.86. The number of aromatic nitrogens is 2. The van der Waals surface area contributed by atoms with Gasteiger partial charge in [-0.15, -0.1) is 0 Å². The minimum atomic E-state index is -0.0197. The lowest BCUT2D eigenvalue weighted by molar-refractivity contribution is 0.857. The molecule has 2 aromatic heterocycles. The summed E-state index contributed by atoms with van der Waals surface area (Å²) in [6.07, 6.45) is 0. The third kappa shape index (κ3) is 3.53. The SMILES string of the molecule is O=c1c2ccccc2n(Cc2ccccc2)c2cc3c(=O)c4ccccc4n(Cc4ccccc4)c3cc12. The predicted octanol–water partition coefficient (Wildman–Crippen LogP) is 6.72. The molecule has 4 nitrogen and oxygen atoms in total. The summed E-state index contributed by atoms with van der Waals surface area (Å²) in [6.45, 7) is 1.19. The maximum absolute atomic E-state index is 13.9. The summed E-state index contributed by atoms with van der Waals surface area (Å²) in [5, 5.41) is 2.58. The van der Waals surface area contributed by atoms with Crippen molar-refractivity contribution in [3.05, 3.63) is 153 Å². The highest BCUT2D eigenvalue weighted by Gasteiger charge is 2.17. The Labute approximate surface area is 218 Å². The molecule has 7 aromatic rings. The van der Waals surface area contributed by atoms with E-state index in [9.17, 15) is 9.59 Å². The van der Waals surface area contributed by atoms with Crippen LogP contribution in [0.25, 0.3) is 43.6 Å². The van der Waals surface area contributed by atoms with E-state index in [1.54, 1.807) is 0 Å². The highest BCUT2D eigenvalue weighted by molar-refractivity contribution is 6.03. The van der Waals surface area contributed by atoms with Crippen LogP contribution in [0.3, 0.4) is 0 Å². The van der Waals surface area contributed by atoms with Crippen LogP contribution in [0.5, 0.6) is 0 Å². The Balaban J connectivity index is 1.63. The molecule has 0 bridgehead atoms. The van der Waals surface area contributed by atoms with Crippen LogP contribution in [-0.2, 0) is 13.1 Å². The summed E-state index contributed by atoms with van der Waals surface area (Å²) in [5.74, 6) is 0. The lowest BCUT2D eigenvalue weighted by atomic mass is 10.0. The fourth-order valence-electron chi connectivity index (χ4n) is 5.61. The summed E-state index contributed by atoms with van der Waals surface area (Å²) in [6, 6.07) is 39.7. The van der Waals surface area contributed by atoms with E-state index in [0.717, 1.165) is 33.2 Å². The third-order valence-electron chi connectivity index (χ3n) is 7.43. The Kier molecular flexibility index (Phi) is 5.19. The molecule has 0 N–H and O–H groups in total. The van der Waals surface area contributed by atoms with E-state index < -0.39 is 0 Å². The van der Waals surface area contributed by atoms with E-state index in [1.165, 1.54) is 0 Å². The number of pyridine rings is 2. The second-order valence-electron chi connectivity index (χ2n) is 9.72. The van der Waals surface area contributed by atoms with Gasteiger partial charge in [-0.25, -0.2) is 0 Å². The largest absolute Gasteiger partial charge is 0.336 e. The Morgan fingerprint density at radius 1 is 0.395 bits per heavy atom. The molecule has 2 heterocycles. The van der Waals surface area contributed by atoms with Crippen LogP contribution >= 0.6 is 0 Å². The van der Waals surface area contributed by atoms with Gasteiger partial charge in [-0.2, -0.15) is 0 Å².